The van der Waals surface area contributed by atoms with Gasteiger partial charge >= 0.3 is 0 Å². The molecule has 0 aliphatic heterocycles. The second kappa shape index (κ2) is 9.55. The van der Waals surface area contributed by atoms with Crippen LogP contribution in [0.5, 0.6) is 0 Å². The Hall–Kier alpha value is -3.17. The zero-order valence-corrected chi connectivity index (χ0v) is 17.1. The molecule has 30 heavy (non-hydrogen) atoms. The summed E-state index contributed by atoms with van der Waals surface area (Å²) in [5, 5.41) is 10.7. The summed E-state index contributed by atoms with van der Waals surface area (Å²) in [6, 6.07) is 14.3. The molecular formula is C21H22N3O5S+. The topological polar surface area (TPSA) is 108 Å². The number of hydrogen-bond acceptors (Lipinski definition) is 5. The van der Waals surface area contributed by atoms with Gasteiger partial charge in [0.25, 0.3) is 5.69 Å². The minimum Gasteiger partial charge on any atom is -0.748 e. The van der Waals surface area contributed by atoms with Gasteiger partial charge in [-0.2, -0.15) is 9.13 Å². The number of aryl methyl sites for hydroxylation is 3. The lowest BCUT2D eigenvalue weighted by Crippen LogP contribution is -2.43. The highest BCUT2D eigenvalue weighted by molar-refractivity contribution is 7.85. The second-order valence-electron chi connectivity index (χ2n) is 7.00. The zero-order chi connectivity index (χ0) is 21.6. The van der Waals surface area contributed by atoms with Gasteiger partial charge in [0.2, 0.25) is 13.1 Å². The van der Waals surface area contributed by atoms with Crippen molar-refractivity contribution in [3.05, 3.63) is 100 Å². The Morgan fingerprint density at radius 1 is 0.767 bits per heavy atom. The molecule has 0 aliphatic rings. The van der Waals surface area contributed by atoms with Gasteiger partial charge in [0.1, 0.15) is 0 Å². The average molecular weight is 428 g/mol. The van der Waals surface area contributed by atoms with E-state index in [1.165, 1.54) is 12.1 Å². The Bertz CT molecular complexity index is 1100. The molecule has 3 rings (SSSR count). The molecule has 0 saturated carbocycles. The minimum atomic E-state index is -4.19. The van der Waals surface area contributed by atoms with Crippen LogP contribution in [0.25, 0.3) is 0 Å². The van der Waals surface area contributed by atoms with Crippen LogP contribution in [-0.2, 0) is 36.0 Å². The van der Waals surface area contributed by atoms with E-state index in [9.17, 15) is 23.1 Å². The van der Waals surface area contributed by atoms with E-state index in [1.54, 1.807) is 12.1 Å². The maximum absolute atomic E-state index is 10.7. The van der Waals surface area contributed by atoms with Crippen LogP contribution in [0.15, 0.2) is 73.3 Å². The lowest BCUT2D eigenvalue weighted by atomic mass is 10.1. The second-order valence-corrected chi connectivity index (χ2v) is 8.52. The quantitative estimate of drug-likeness (QED) is 0.222. The van der Waals surface area contributed by atoms with Crippen molar-refractivity contribution >= 4 is 15.8 Å². The Balaban J connectivity index is 1.51. The smallest absolute Gasteiger partial charge is 0.269 e. The predicted molar refractivity (Wildman–Crippen MR) is 107 cm³/mol. The Morgan fingerprint density at radius 2 is 1.23 bits per heavy atom. The highest BCUT2D eigenvalue weighted by atomic mass is 32.2. The Labute approximate surface area is 175 Å². The maximum Gasteiger partial charge on any atom is 0.269 e. The summed E-state index contributed by atoms with van der Waals surface area (Å²) in [6.07, 6.45) is 8.65. The molecule has 2 heterocycles. The molecule has 0 saturated heterocycles. The largest absolute Gasteiger partial charge is 0.748 e. The van der Waals surface area contributed by atoms with E-state index in [4.69, 9.17) is 0 Å². The third-order valence-electron chi connectivity index (χ3n) is 4.73. The van der Waals surface area contributed by atoms with E-state index in [0.717, 1.165) is 29.8 Å². The van der Waals surface area contributed by atoms with Crippen molar-refractivity contribution in [2.45, 2.75) is 25.9 Å². The normalized spacial score (nSPS) is 11.4. The molecule has 8 nitrogen and oxygen atoms in total. The summed E-state index contributed by atoms with van der Waals surface area (Å²) in [5.74, 6) is -0.390. The average Bonchev–Trinajstić information content (AvgIpc) is 2.72. The van der Waals surface area contributed by atoms with Crippen molar-refractivity contribution in [2.24, 2.45) is 0 Å². The van der Waals surface area contributed by atoms with Crippen LogP contribution >= 0.6 is 0 Å². The third-order valence-corrected chi connectivity index (χ3v) is 5.44. The predicted octanol–water partition coefficient (Wildman–Crippen LogP) is 1.55. The molecule has 156 valence electrons. The molecule has 0 bridgehead atoms. The monoisotopic (exact) mass is 428 g/mol. The molecule has 0 amide bonds. The Kier molecular flexibility index (Phi) is 6.86. The van der Waals surface area contributed by atoms with Gasteiger partial charge in [0.15, 0.2) is 24.8 Å². The lowest BCUT2D eigenvalue weighted by Gasteiger charge is -2.05. The highest BCUT2D eigenvalue weighted by Gasteiger charge is 2.09. The summed E-state index contributed by atoms with van der Waals surface area (Å²) >= 11 is 0. The van der Waals surface area contributed by atoms with Gasteiger partial charge < -0.3 is 4.55 Å². The SMILES string of the molecule is O=[N+]([O-])c1ccc(Cc2cc[n+](CC[n+]3ccc(CCS(=O)(=O)[O-])cc3)cc2)cc1. The van der Waals surface area contributed by atoms with Crippen LogP contribution in [0.1, 0.15) is 16.7 Å². The third kappa shape index (κ3) is 6.71. The van der Waals surface area contributed by atoms with E-state index >= 15 is 0 Å². The molecule has 0 unspecified atom stereocenters. The van der Waals surface area contributed by atoms with Crippen LogP contribution in [-0.4, -0.2) is 23.6 Å². The van der Waals surface area contributed by atoms with Crippen molar-refractivity contribution in [3.63, 3.8) is 0 Å². The number of nitrogens with zero attached hydrogens (tertiary/aromatic N) is 3. The fourth-order valence-corrected chi connectivity index (χ4v) is 3.49. The van der Waals surface area contributed by atoms with E-state index in [-0.39, 0.29) is 17.9 Å². The number of hydrogen-bond donors (Lipinski definition) is 0. The summed E-state index contributed by atoms with van der Waals surface area (Å²) < 4.78 is 36.2. The first-order chi connectivity index (χ1) is 14.3. The fourth-order valence-electron chi connectivity index (χ4n) is 3.00. The Morgan fingerprint density at radius 3 is 1.70 bits per heavy atom. The number of nitro groups is 1. The van der Waals surface area contributed by atoms with E-state index in [0.29, 0.717) is 6.42 Å². The molecule has 2 aromatic heterocycles. The summed E-state index contributed by atoms with van der Waals surface area (Å²) in [4.78, 5) is 10.3. The lowest BCUT2D eigenvalue weighted by molar-refractivity contribution is -0.778. The van der Waals surface area contributed by atoms with Crippen molar-refractivity contribution in [2.75, 3.05) is 5.75 Å². The molecule has 3 aromatic rings. The van der Waals surface area contributed by atoms with Gasteiger partial charge in [-0.15, -0.1) is 0 Å². The first kappa shape index (κ1) is 21.5. The fraction of sp³-hybridized carbons (Fsp3) is 0.238. The van der Waals surface area contributed by atoms with Crippen molar-refractivity contribution in [1.29, 1.82) is 0 Å². The minimum absolute atomic E-state index is 0.0885. The van der Waals surface area contributed by atoms with Crippen molar-refractivity contribution in [3.8, 4) is 0 Å². The van der Waals surface area contributed by atoms with Crippen LogP contribution < -0.4 is 9.13 Å². The number of rotatable bonds is 9. The number of benzene rings is 1. The van der Waals surface area contributed by atoms with Crippen molar-refractivity contribution in [1.82, 2.24) is 0 Å². The molecule has 0 atom stereocenters. The van der Waals surface area contributed by atoms with Crippen LogP contribution in [0.2, 0.25) is 0 Å². The van der Waals surface area contributed by atoms with Gasteiger partial charge in [0, 0.05) is 42.2 Å². The van der Waals surface area contributed by atoms with Crippen molar-refractivity contribution < 1.29 is 27.0 Å². The van der Waals surface area contributed by atoms with Gasteiger partial charge in [-0.3, -0.25) is 10.1 Å². The number of nitro benzene ring substituents is 1. The van der Waals surface area contributed by atoms with E-state index in [2.05, 4.69) is 4.57 Å². The molecule has 0 spiro atoms. The van der Waals surface area contributed by atoms with E-state index in [1.807, 2.05) is 53.6 Å². The van der Waals surface area contributed by atoms with E-state index < -0.39 is 15.0 Å². The van der Waals surface area contributed by atoms with Crippen LogP contribution in [0.4, 0.5) is 5.69 Å². The molecule has 1 aromatic carbocycles. The summed E-state index contributed by atoms with van der Waals surface area (Å²) in [7, 11) is -4.19. The number of pyridine rings is 2. The first-order valence-corrected chi connectivity index (χ1v) is 11.0. The van der Waals surface area contributed by atoms with Crippen LogP contribution in [0.3, 0.4) is 0 Å². The summed E-state index contributed by atoms with van der Waals surface area (Å²) in [6.45, 7) is 1.50. The standard InChI is InChI=1S/C21H22N3O5S/c25-24(26)21-3-1-19(2-4-21)17-20-7-12-23(13-8-20)15-14-22-10-5-18(6-11-22)9-16-30(27,28)29/h1-8,10-13H,9,14-17H2/q+1. The molecular weight excluding hydrogens is 406 g/mol. The van der Waals surface area contributed by atoms with Gasteiger partial charge in [-0.25, -0.2) is 8.42 Å². The van der Waals surface area contributed by atoms with Gasteiger partial charge in [-0.05, 0) is 29.5 Å². The molecule has 0 N–H and O–H groups in total. The maximum atomic E-state index is 10.7. The zero-order valence-electron chi connectivity index (χ0n) is 16.3. The number of aromatic nitrogens is 2. The van der Waals surface area contributed by atoms with Gasteiger partial charge in [0.05, 0.1) is 15.0 Å². The number of non-ortho nitro benzene ring substituents is 1. The van der Waals surface area contributed by atoms with Crippen LogP contribution in [0, 0.1) is 10.1 Å². The first-order valence-electron chi connectivity index (χ1n) is 9.41. The molecule has 0 aliphatic carbocycles. The highest BCUT2D eigenvalue weighted by Crippen LogP contribution is 2.14. The molecule has 9 heteroatoms. The van der Waals surface area contributed by atoms with Gasteiger partial charge in [-0.1, -0.05) is 12.1 Å². The molecule has 0 fully saturated rings. The summed E-state index contributed by atoms with van der Waals surface area (Å²) in [5.41, 5.74) is 3.03. The molecule has 0 radical (unpaired) electrons.